The highest BCUT2D eigenvalue weighted by Gasteiger charge is 2.29. The summed E-state index contributed by atoms with van der Waals surface area (Å²) in [6, 6.07) is 4.19. The molecular weight excluding hydrogens is 337 g/mol. The second-order valence-electron chi connectivity index (χ2n) is 6.02. The van der Waals surface area contributed by atoms with E-state index in [1.165, 1.54) is 18.2 Å². The first-order valence-corrected chi connectivity index (χ1v) is 8.06. The van der Waals surface area contributed by atoms with Crippen LogP contribution in [0, 0.1) is 17.7 Å². The average molecular weight is 358 g/mol. The highest BCUT2D eigenvalue weighted by atomic mass is 79.9. The summed E-state index contributed by atoms with van der Waals surface area (Å²) in [5.41, 5.74) is 0. The zero-order valence-electron chi connectivity index (χ0n) is 12.6. The summed E-state index contributed by atoms with van der Waals surface area (Å²) in [6.45, 7) is 7.63. The van der Waals surface area contributed by atoms with E-state index in [0.29, 0.717) is 22.1 Å². The minimum absolute atomic E-state index is 0.00961. The summed E-state index contributed by atoms with van der Waals surface area (Å²) in [5.74, 6) is 1.16. The number of amides is 1. The standard InChI is InChI=1S/C16H21BrFNO2/c1-10-6-11(2)9-19(8-10)16(20)12(3)21-15-5-4-13(18)7-14(15)17/h4-5,7,10-12H,6,8-9H2,1-3H3. The minimum atomic E-state index is -0.579. The number of carbonyl (C=O) groups is 1. The van der Waals surface area contributed by atoms with E-state index < -0.39 is 6.10 Å². The first kappa shape index (κ1) is 16.3. The third kappa shape index (κ3) is 4.19. The lowest BCUT2D eigenvalue weighted by Gasteiger charge is -2.36. The fraction of sp³-hybridized carbons (Fsp3) is 0.562. The molecule has 1 heterocycles. The van der Waals surface area contributed by atoms with E-state index in [0.717, 1.165) is 19.5 Å². The van der Waals surface area contributed by atoms with Crippen LogP contribution < -0.4 is 4.74 Å². The van der Waals surface area contributed by atoms with Crippen LogP contribution in [0.25, 0.3) is 0 Å². The summed E-state index contributed by atoms with van der Waals surface area (Å²) in [6.07, 6.45) is 0.576. The molecule has 3 unspecified atom stereocenters. The van der Waals surface area contributed by atoms with Gasteiger partial charge in [-0.2, -0.15) is 0 Å². The number of nitrogens with zero attached hydrogens (tertiary/aromatic N) is 1. The molecule has 21 heavy (non-hydrogen) atoms. The Labute approximate surface area is 133 Å². The maximum atomic E-state index is 13.1. The van der Waals surface area contributed by atoms with E-state index in [2.05, 4.69) is 29.8 Å². The molecule has 1 aliphatic rings. The maximum absolute atomic E-state index is 13.1. The van der Waals surface area contributed by atoms with Crippen LogP contribution in [0.1, 0.15) is 27.2 Å². The van der Waals surface area contributed by atoms with Gasteiger partial charge in [0.05, 0.1) is 4.47 Å². The molecule has 1 amide bonds. The van der Waals surface area contributed by atoms with Gasteiger partial charge in [-0.1, -0.05) is 13.8 Å². The lowest BCUT2D eigenvalue weighted by molar-refractivity contribution is -0.140. The average Bonchev–Trinajstić information content (AvgIpc) is 2.40. The third-order valence-electron chi connectivity index (χ3n) is 3.73. The molecule has 1 aliphatic heterocycles. The van der Waals surface area contributed by atoms with Gasteiger partial charge in [-0.05, 0) is 59.3 Å². The van der Waals surface area contributed by atoms with E-state index >= 15 is 0 Å². The molecular formula is C16H21BrFNO2. The summed E-state index contributed by atoms with van der Waals surface area (Å²) in [7, 11) is 0. The number of piperidine rings is 1. The number of ether oxygens (including phenoxy) is 1. The molecule has 5 heteroatoms. The first-order valence-electron chi connectivity index (χ1n) is 7.27. The van der Waals surface area contributed by atoms with Gasteiger partial charge in [-0.3, -0.25) is 4.79 Å². The molecule has 2 rings (SSSR count). The van der Waals surface area contributed by atoms with Gasteiger partial charge in [0, 0.05) is 13.1 Å². The molecule has 0 aliphatic carbocycles. The fourth-order valence-electron chi connectivity index (χ4n) is 2.91. The molecule has 0 radical (unpaired) electrons. The van der Waals surface area contributed by atoms with Crippen molar-refractivity contribution in [2.75, 3.05) is 13.1 Å². The van der Waals surface area contributed by atoms with Crippen LogP contribution >= 0.6 is 15.9 Å². The van der Waals surface area contributed by atoms with Gasteiger partial charge in [-0.25, -0.2) is 4.39 Å². The summed E-state index contributed by atoms with van der Waals surface area (Å²) in [5, 5.41) is 0. The Bertz CT molecular complexity index is 513. The van der Waals surface area contributed by atoms with Crippen LogP contribution in [0.15, 0.2) is 22.7 Å². The van der Waals surface area contributed by atoms with E-state index in [1.807, 2.05) is 4.90 Å². The van der Waals surface area contributed by atoms with E-state index in [9.17, 15) is 9.18 Å². The lowest BCUT2D eigenvalue weighted by atomic mass is 9.91. The minimum Gasteiger partial charge on any atom is -0.480 e. The zero-order chi connectivity index (χ0) is 15.6. The van der Waals surface area contributed by atoms with Gasteiger partial charge in [0.2, 0.25) is 0 Å². The van der Waals surface area contributed by atoms with Gasteiger partial charge in [0.1, 0.15) is 11.6 Å². The highest BCUT2D eigenvalue weighted by Crippen LogP contribution is 2.27. The molecule has 3 nitrogen and oxygen atoms in total. The van der Waals surface area contributed by atoms with Gasteiger partial charge in [-0.15, -0.1) is 0 Å². The van der Waals surface area contributed by atoms with E-state index in [-0.39, 0.29) is 11.7 Å². The topological polar surface area (TPSA) is 29.5 Å². The predicted molar refractivity (Wildman–Crippen MR) is 83.7 cm³/mol. The van der Waals surface area contributed by atoms with Crippen LogP contribution in [0.3, 0.4) is 0 Å². The lowest BCUT2D eigenvalue weighted by Crippen LogP contribution is -2.47. The number of likely N-dealkylation sites (tertiary alicyclic amines) is 1. The Balaban J connectivity index is 2.02. The monoisotopic (exact) mass is 357 g/mol. The third-order valence-corrected chi connectivity index (χ3v) is 4.35. The Morgan fingerprint density at radius 3 is 2.57 bits per heavy atom. The van der Waals surface area contributed by atoms with Crippen molar-refractivity contribution < 1.29 is 13.9 Å². The Morgan fingerprint density at radius 2 is 2.00 bits per heavy atom. The van der Waals surface area contributed by atoms with Crippen LogP contribution in [0.4, 0.5) is 4.39 Å². The van der Waals surface area contributed by atoms with Crippen molar-refractivity contribution in [2.45, 2.75) is 33.3 Å². The number of halogens is 2. The van der Waals surface area contributed by atoms with Crippen LogP contribution in [0.5, 0.6) is 5.75 Å². The molecule has 0 saturated carbocycles. The van der Waals surface area contributed by atoms with Crippen molar-refractivity contribution in [3.8, 4) is 5.75 Å². The van der Waals surface area contributed by atoms with Gasteiger partial charge in [0.15, 0.2) is 6.10 Å². The summed E-state index contributed by atoms with van der Waals surface area (Å²) in [4.78, 5) is 14.4. The van der Waals surface area contributed by atoms with Crippen molar-refractivity contribution in [1.82, 2.24) is 4.90 Å². The van der Waals surface area contributed by atoms with E-state index in [4.69, 9.17) is 4.74 Å². The molecule has 0 aromatic heterocycles. The quantitative estimate of drug-likeness (QED) is 0.821. The second-order valence-corrected chi connectivity index (χ2v) is 6.88. The van der Waals surface area contributed by atoms with Crippen LogP contribution in [-0.2, 0) is 4.79 Å². The molecule has 0 N–H and O–H groups in total. The van der Waals surface area contributed by atoms with Gasteiger partial charge >= 0.3 is 0 Å². The predicted octanol–water partition coefficient (Wildman–Crippen LogP) is 3.86. The van der Waals surface area contributed by atoms with Gasteiger partial charge < -0.3 is 9.64 Å². The molecule has 1 aromatic carbocycles. The van der Waals surface area contributed by atoms with Crippen molar-refractivity contribution in [1.29, 1.82) is 0 Å². The molecule has 1 aromatic rings. The molecule has 116 valence electrons. The molecule has 0 spiro atoms. The maximum Gasteiger partial charge on any atom is 0.263 e. The van der Waals surface area contributed by atoms with E-state index in [1.54, 1.807) is 6.92 Å². The fourth-order valence-corrected chi connectivity index (χ4v) is 3.36. The van der Waals surface area contributed by atoms with Crippen molar-refractivity contribution in [3.63, 3.8) is 0 Å². The second kappa shape index (κ2) is 6.77. The van der Waals surface area contributed by atoms with Crippen molar-refractivity contribution in [2.24, 2.45) is 11.8 Å². The smallest absolute Gasteiger partial charge is 0.263 e. The Hall–Kier alpha value is -1.10. The molecule has 1 saturated heterocycles. The van der Waals surface area contributed by atoms with Crippen molar-refractivity contribution in [3.05, 3.63) is 28.5 Å². The number of benzene rings is 1. The number of hydrogen-bond acceptors (Lipinski definition) is 2. The van der Waals surface area contributed by atoms with Gasteiger partial charge in [0.25, 0.3) is 5.91 Å². The Morgan fingerprint density at radius 1 is 1.38 bits per heavy atom. The Kier molecular flexibility index (Phi) is 5.25. The number of carbonyl (C=O) groups excluding carboxylic acids is 1. The normalized spacial score (nSPS) is 23.8. The molecule has 3 atom stereocenters. The largest absolute Gasteiger partial charge is 0.480 e. The number of rotatable bonds is 3. The zero-order valence-corrected chi connectivity index (χ0v) is 14.2. The highest BCUT2D eigenvalue weighted by molar-refractivity contribution is 9.10. The first-order chi connectivity index (χ1) is 9.86. The van der Waals surface area contributed by atoms with Crippen molar-refractivity contribution >= 4 is 21.8 Å². The van der Waals surface area contributed by atoms with Crippen LogP contribution in [0.2, 0.25) is 0 Å². The number of hydrogen-bond donors (Lipinski definition) is 0. The summed E-state index contributed by atoms with van der Waals surface area (Å²) < 4.78 is 19.3. The SMILES string of the molecule is CC1CC(C)CN(C(=O)C(C)Oc2ccc(F)cc2Br)C1. The van der Waals surface area contributed by atoms with Crippen LogP contribution in [-0.4, -0.2) is 30.0 Å². The molecule has 0 bridgehead atoms. The summed E-state index contributed by atoms with van der Waals surface area (Å²) >= 11 is 3.25. The molecule has 1 fully saturated rings.